The topological polar surface area (TPSA) is 50.9 Å². The highest BCUT2D eigenvalue weighted by Crippen LogP contribution is 2.48. The Morgan fingerprint density at radius 1 is 0.889 bits per heavy atom. The molecule has 0 fully saturated rings. The van der Waals surface area contributed by atoms with E-state index in [0.29, 0.717) is 10.8 Å². The zero-order valence-electron chi connectivity index (χ0n) is 19.6. The summed E-state index contributed by atoms with van der Waals surface area (Å²) in [5.41, 5.74) is 7.32. The van der Waals surface area contributed by atoms with Crippen molar-refractivity contribution in [1.29, 1.82) is 0 Å². The third kappa shape index (κ3) is 3.47. The van der Waals surface area contributed by atoms with Crippen LogP contribution in [0, 0.1) is 6.92 Å². The zero-order valence-corrected chi connectivity index (χ0v) is 20.3. The number of nitrogens with zero attached hydrogens (tertiary/aromatic N) is 3. The average Bonchev–Trinajstić information content (AvgIpc) is 3.54. The van der Waals surface area contributed by atoms with Crippen LogP contribution in [0.25, 0.3) is 22.2 Å². The van der Waals surface area contributed by atoms with Gasteiger partial charge < -0.3 is 9.26 Å². The van der Waals surface area contributed by atoms with Crippen LogP contribution in [-0.4, -0.2) is 15.9 Å². The molecular formula is C30H22ClN3O2. The van der Waals surface area contributed by atoms with E-state index in [4.69, 9.17) is 26.0 Å². The van der Waals surface area contributed by atoms with Crippen molar-refractivity contribution in [3.05, 3.63) is 118 Å². The Hall–Kier alpha value is -4.09. The summed E-state index contributed by atoms with van der Waals surface area (Å²) in [6.07, 6.45) is 0.455. The number of hydrazone groups is 1. The maximum atomic E-state index is 6.57. The standard InChI is InChI=1S/C30H22ClN3O2/c1-18-6-8-19(9-7-18)26-17-27-23-4-2-3-5-28(23)35-30(34(27)32-26)21-12-15-25-24(16-21)29(36-33-25)20-10-13-22(31)14-11-20/h2-16,27,30H,17H2,1H3/t27-,30+/m1/s1. The van der Waals surface area contributed by atoms with E-state index >= 15 is 0 Å². The molecule has 2 aliphatic rings. The van der Waals surface area contributed by atoms with Crippen molar-refractivity contribution in [3.63, 3.8) is 0 Å². The highest BCUT2D eigenvalue weighted by molar-refractivity contribution is 6.30. The van der Waals surface area contributed by atoms with Gasteiger partial charge in [-0.1, -0.05) is 70.9 Å². The number of aryl methyl sites for hydroxylation is 1. The quantitative estimate of drug-likeness (QED) is 0.259. The molecule has 5 nitrogen and oxygen atoms in total. The van der Waals surface area contributed by atoms with E-state index in [1.165, 1.54) is 5.56 Å². The third-order valence-electron chi connectivity index (χ3n) is 6.98. The Morgan fingerprint density at radius 2 is 1.67 bits per heavy atom. The first-order chi connectivity index (χ1) is 17.6. The molecule has 0 radical (unpaired) electrons. The van der Waals surface area contributed by atoms with E-state index in [2.05, 4.69) is 59.6 Å². The summed E-state index contributed by atoms with van der Waals surface area (Å²) in [5, 5.41) is 13.1. The van der Waals surface area contributed by atoms with Crippen molar-refractivity contribution < 1.29 is 9.26 Å². The van der Waals surface area contributed by atoms with Gasteiger partial charge in [0.25, 0.3) is 0 Å². The van der Waals surface area contributed by atoms with Crippen molar-refractivity contribution in [1.82, 2.24) is 10.2 Å². The van der Waals surface area contributed by atoms with Gasteiger partial charge in [-0.2, -0.15) is 5.10 Å². The fraction of sp³-hybridized carbons (Fsp3) is 0.133. The number of fused-ring (bicyclic) bond motifs is 4. The molecule has 0 saturated carbocycles. The van der Waals surface area contributed by atoms with Gasteiger partial charge in [0, 0.05) is 28.1 Å². The first-order valence-electron chi connectivity index (χ1n) is 12.0. The van der Waals surface area contributed by atoms with Crippen LogP contribution in [-0.2, 0) is 0 Å². The van der Waals surface area contributed by atoms with E-state index < -0.39 is 0 Å². The molecule has 7 rings (SSSR count). The summed E-state index contributed by atoms with van der Waals surface area (Å²) in [6, 6.07) is 30.6. The van der Waals surface area contributed by atoms with Crippen LogP contribution in [0.2, 0.25) is 5.02 Å². The van der Waals surface area contributed by atoms with E-state index in [1.807, 2.05) is 48.5 Å². The summed E-state index contributed by atoms with van der Waals surface area (Å²) in [7, 11) is 0. The number of benzene rings is 4. The van der Waals surface area contributed by atoms with E-state index in [9.17, 15) is 0 Å². The Morgan fingerprint density at radius 3 is 2.50 bits per heavy atom. The highest BCUT2D eigenvalue weighted by Gasteiger charge is 2.41. The molecule has 0 aliphatic carbocycles. The van der Waals surface area contributed by atoms with Gasteiger partial charge in [-0.25, -0.2) is 5.01 Å². The molecule has 6 heteroatoms. The van der Waals surface area contributed by atoms with Crippen molar-refractivity contribution >= 4 is 28.2 Å². The molecule has 1 aromatic heterocycles. The number of para-hydroxylation sites is 1. The van der Waals surface area contributed by atoms with Gasteiger partial charge in [0.05, 0.1) is 17.1 Å². The molecule has 0 N–H and O–H groups in total. The molecule has 4 aromatic carbocycles. The van der Waals surface area contributed by atoms with Gasteiger partial charge in [-0.3, -0.25) is 0 Å². The summed E-state index contributed by atoms with van der Waals surface area (Å²) >= 11 is 6.09. The van der Waals surface area contributed by atoms with Gasteiger partial charge in [-0.15, -0.1) is 0 Å². The number of halogens is 1. The first-order valence-corrected chi connectivity index (χ1v) is 12.4. The fourth-order valence-corrected chi connectivity index (χ4v) is 5.22. The van der Waals surface area contributed by atoms with Crippen molar-refractivity contribution in [2.24, 2.45) is 5.10 Å². The largest absolute Gasteiger partial charge is 0.464 e. The van der Waals surface area contributed by atoms with Crippen LogP contribution in [0.4, 0.5) is 0 Å². The second-order valence-electron chi connectivity index (χ2n) is 9.32. The lowest BCUT2D eigenvalue weighted by atomic mass is 9.95. The number of ether oxygens (including phenoxy) is 1. The van der Waals surface area contributed by atoms with E-state index in [0.717, 1.165) is 51.0 Å². The minimum atomic E-state index is -0.370. The van der Waals surface area contributed by atoms with Crippen LogP contribution in [0.1, 0.15) is 40.9 Å². The summed E-state index contributed by atoms with van der Waals surface area (Å²) in [4.78, 5) is 0. The second kappa shape index (κ2) is 8.25. The molecule has 3 heterocycles. The monoisotopic (exact) mass is 491 g/mol. The van der Waals surface area contributed by atoms with Gasteiger partial charge >= 0.3 is 0 Å². The number of hydrogen-bond acceptors (Lipinski definition) is 5. The molecule has 0 unspecified atom stereocenters. The van der Waals surface area contributed by atoms with Gasteiger partial charge in [0.15, 0.2) is 5.76 Å². The number of rotatable bonds is 3. The summed E-state index contributed by atoms with van der Waals surface area (Å²) in [5.74, 6) is 1.61. The smallest absolute Gasteiger partial charge is 0.213 e. The normalized spacial score (nSPS) is 18.5. The molecule has 2 aliphatic heterocycles. The molecule has 5 aromatic rings. The zero-order chi connectivity index (χ0) is 24.2. The minimum Gasteiger partial charge on any atom is -0.464 e. The lowest BCUT2D eigenvalue weighted by Gasteiger charge is -2.38. The molecule has 0 bridgehead atoms. The molecule has 176 valence electrons. The summed E-state index contributed by atoms with van der Waals surface area (Å²) in [6.45, 7) is 2.10. The van der Waals surface area contributed by atoms with E-state index in [1.54, 1.807) is 0 Å². The molecule has 0 spiro atoms. The molecule has 0 amide bonds. The van der Waals surface area contributed by atoms with Crippen LogP contribution < -0.4 is 4.74 Å². The van der Waals surface area contributed by atoms with Crippen molar-refractivity contribution in [2.45, 2.75) is 25.6 Å². The third-order valence-corrected chi connectivity index (χ3v) is 7.23. The van der Waals surface area contributed by atoms with Gasteiger partial charge in [-0.05, 0) is 55.0 Å². The molecule has 2 atom stereocenters. The Bertz CT molecular complexity index is 1620. The summed E-state index contributed by atoms with van der Waals surface area (Å²) < 4.78 is 12.3. The van der Waals surface area contributed by atoms with Gasteiger partial charge in [0.2, 0.25) is 6.23 Å². The lowest BCUT2D eigenvalue weighted by Crippen LogP contribution is -2.33. The number of hydrogen-bond donors (Lipinski definition) is 0. The SMILES string of the molecule is Cc1ccc(C2=NN3[C@H](C2)c2ccccc2O[C@H]3c2ccc3noc(-c4ccc(Cl)cc4)c3c2)cc1. The fourth-order valence-electron chi connectivity index (χ4n) is 5.10. The van der Waals surface area contributed by atoms with E-state index in [-0.39, 0.29) is 12.3 Å². The highest BCUT2D eigenvalue weighted by atomic mass is 35.5. The average molecular weight is 492 g/mol. The number of aromatic nitrogens is 1. The predicted octanol–water partition coefficient (Wildman–Crippen LogP) is 7.70. The molecular weight excluding hydrogens is 470 g/mol. The maximum absolute atomic E-state index is 6.57. The Kier molecular flexibility index (Phi) is 4.86. The first kappa shape index (κ1) is 21.2. The van der Waals surface area contributed by atoms with Crippen LogP contribution in [0.15, 0.2) is 101 Å². The molecule has 36 heavy (non-hydrogen) atoms. The van der Waals surface area contributed by atoms with Crippen molar-refractivity contribution in [2.75, 3.05) is 0 Å². The second-order valence-corrected chi connectivity index (χ2v) is 9.75. The van der Waals surface area contributed by atoms with Crippen LogP contribution >= 0.6 is 11.6 Å². The predicted molar refractivity (Wildman–Crippen MR) is 141 cm³/mol. The van der Waals surface area contributed by atoms with Crippen LogP contribution in [0.3, 0.4) is 0 Å². The van der Waals surface area contributed by atoms with Crippen LogP contribution in [0.5, 0.6) is 5.75 Å². The Balaban J connectivity index is 1.33. The lowest BCUT2D eigenvalue weighted by molar-refractivity contribution is -0.0189. The van der Waals surface area contributed by atoms with Crippen molar-refractivity contribution in [3.8, 4) is 17.1 Å². The Labute approximate surface area is 213 Å². The molecule has 0 saturated heterocycles. The van der Waals surface area contributed by atoms with Gasteiger partial charge in [0.1, 0.15) is 11.3 Å². The minimum absolute atomic E-state index is 0.102. The maximum Gasteiger partial charge on any atom is 0.213 e.